The van der Waals surface area contributed by atoms with Crippen LogP contribution in [0.3, 0.4) is 0 Å². The van der Waals surface area contributed by atoms with Gasteiger partial charge in [0.25, 0.3) is 0 Å². The monoisotopic (exact) mass is 324 g/mol. The summed E-state index contributed by atoms with van der Waals surface area (Å²) >= 11 is 0. The van der Waals surface area contributed by atoms with Gasteiger partial charge in [-0.15, -0.1) is 0 Å². The summed E-state index contributed by atoms with van der Waals surface area (Å²) in [6.07, 6.45) is 8.07. The van der Waals surface area contributed by atoms with E-state index in [4.69, 9.17) is 0 Å². The molecule has 24 heavy (non-hydrogen) atoms. The molecule has 1 aliphatic heterocycles. The molecule has 0 saturated heterocycles. The van der Waals surface area contributed by atoms with Crippen LogP contribution in [0.1, 0.15) is 66.4 Å². The maximum Gasteiger partial charge on any atom is 0.160 e. The Hall–Kier alpha value is -1.35. The zero-order valence-electron chi connectivity index (χ0n) is 14.7. The maximum atomic E-state index is 12.2. The molecular weight excluding hydrogens is 296 g/mol. The Morgan fingerprint density at radius 2 is 1.88 bits per heavy atom. The van der Waals surface area contributed by atoms with E-state index < -0.39 is 0 Å². The second-order valence-electron chi connectivity index (χ2n) is 8.62. The molecule has 0 amide bonds. The van der Waals surface area contributed by atoms with Crippen molar-refractivity contribution in [3.8, 4) is 0 Å². The number of nitrogens with one attached hydrogen (secondary N) is 1. The van der Waals surface area contributed by atoms with Crippen molar-refractivity contribution in [2.75, 3.05) is 25.0 Å². The highest BCUT2D eigenvalue weighted by Gasteiger charge is 2.39. The van der Waals surface area contributed by atoms with Crippen molar-refractivity contribution < 1.29 is 4.79 Å². The maximum absolute atomic E-state index is 12.2. The lowest BCUT2D eigenvalue weighted by Gasteiger charge is -2.38. The first-order chi connectivity index (χ1) is 11.7. The minimum absolute atomic E-state index is 0.232. The molecule has 1 aromatic rings. The Balaban J connectivity index is 1.46. The molecule has 5 rings (SSSR count). The molecule has 3 heteroatoms. The molecule has 2 atom stereocenters. The third-order valence-corrected chi connectivity index (χ3v) is 6.58. The first-order valence-corrected chi connectivity index (χ1v) is 9.83. The normalized spacial score (nSPS) is 27.9. The minimum atomic E-state index is 0.232. The zero-order chi connectivity index (χ0) is 16.3. The lowest BCUT2D eigenvalue weighted by molar-refractivity contribution is 0.101. The van der Waals surface area contributed by atoms with Crippen LogP contribution >= 0.6 is 0 Å². The van der Waals surface area contributed by atoms with E-state index in [1.54, 1.807) is 6.92 Å². The van der Waals surface area contributed by atoms with Crippen molar-refractivity contribution in [1.29, 1.82) is 0 Å². The first-order valence-electron chi connectivity index (χ1n) is 9.83. The third-order valence-electron chi connectivity index (χ3n) is 6.58. The Labute approximate surface area is 144 Å². The first kappa shape index (κ1) is 14.9. The highest BCUT2D eigenvalue weighted by Crippen LogP contribution is 2.45. The van der Waals surface area contributed by atoms with Gasteiger partial charge in [0, 0.05) is 42.8 Å². The van der Waals surface area contributed by atoms with Crippen molar-refractivity contribution >= 4 is 11.5 Å². The molecule has 3 aliphatic carbocycles. The van der Waals surface area contributed by atoms with Crippen molar-refractivity contribution in [2.45, 2.75) is 57.4 Å². The number of hydrogen-bond donors (Lipinski definition) is 1. The van der Waals surface area contributed by atoms with E-state index in [9.17, 15) is 4.79 Å². The Morgan fingerprint density at radius 3 is 2.50 bits per heavy atom. The van der Waals surface area contributed by atoms with E-state index >= 15 is 0 Å². The van der Waals surface area contributed by atoms with Gasteiger partial charge in [0.2, 0.25) is 0 Å². The standard InChI is InChI=1S/C21H28N2O/c1-13(24)18-6-7-20-21-16(10-22-20)8-17(9-19(18)21)23(11-14-2-3-14)12-15-4-5-15/h6-7,14-17,22H,2-5,8-12H2,1H3/t16-,17-/m0/s1. The van der Waals surface area contributed by atoms with Crippen LogP contribution in [0.25, 0.3) is 0 Å². The van der Waals surface area contributed by atoms with Crippen LogP contribution in [-0.2, 0) is 6.42 Å². The second kappa shape index (κ2) is 5.59. The molecule has 128 valence electrons. The van der Waals surface area contributed by atoms with Gasteiger partial charge < -0.3 is 5.32 Å². The summed E-state index contributed by atoms with van der Waals surface area (Å²) in [7, 11) is 0. The van der Waals surface area contributed by atoms with Crippen LogP contribution in [0.2, 0.25) is 0 Å². The summed E-state index contributed by atoms with van der Waals surface area (Å²) in [4.78, 5) is 15.0. The zero-order valence-corrected chi connectivity index (χ0v) is 14.7. The van der Waals surface area contributed by atoms with Gasteiger partial charge in [-0.25, -0.2) is 0 Å². The quantitative estimate of drug-likeness (QED) is 0.807. The molecule has 1 N–H and O–H groups in total. The molecule has 1 heterocycles. The van der Waals surface area contributed by atoms with E-state index in [-0.39, 0.29) is 5.78 Å². The summed E-state index contributed by atoms with van der Waals surface area (Å²) in [5.41, 5.74) is 5.10. The van der Waals surface area contributed by atoms with Crippen molar-refractivity contribution in [1.82, 2.24) is 4.90 Å². The van der Waals surface area contributed by atoms with E-state index in [1.807, 2.05) is 0 Å². The summed E-state index contributed by atoms with van der Waals surface area (Å²) in [6, 6.07) is 4.82. The molecule has 2 fully saturated rings. The summed E-state index contributed by atoms with van der Waals surface area (Å²) in [6.45, 7) is 5.38. The number of benzene rings is 1. The van der Waals surface area contributed by atoms with Gasteiger partial charge in [-0.1, -0.05) is 0 Å². The fourth-order valence-corrected chi connectivity index (χ4v) is 4.93. The van der Waals surface area contributed by atoms with Crippen LogP contribution in [0.15, 0.2) is 12.1 Å². The van der Waals surface area contributed by atoms with E-state index in [2.05, 4.69) is 22.3 Å². The van der Waals surface area contributed by atoms with Gasteiger partial charge in [0.1, 0.15) is 0 Å². The number of Topliss-reactive ketones (excluding diaryl/α,β-unsaturated/α-hetero) is 1. The minimum Gasteiger partial charge on any atom is -0.384 e. The van der Waals surface area contributed by atoms with Crippen LogP contribution in [0.4, 0.5) is 5.69 Å². The SMILES string of the molecule is CC(=O)c1ccc2c3c1C[C@@H](N(CC1CC1)CC1CC1)C[C@H]3CN2. The van der Waals surface area contributed by atoms with E-state index in [0.29, 0.717) is 12.0 Å². The Morgan fingerprint density at radius 1 is 1.17 bits per heavy atom. The molecule has 0 bridgehead atoms. The molecule has 1 aromatic carbocycles. The number of rotatable bonds is 6. The predicted molar refractivity (Wildman–Crippen MR) is 96.8 cm³/mol. The second-order valence-corrected chi connectivity index (χ2v) is 8.62. The average Bonchev–Trinajstić information content (AvgIpc) is 3.49. The molecule has 3 nitrogen and oxygen atoms in total. The smallest absolute Gasteiger partial charge is 0.160 e. The number of hydrogen-bond acceptors (Lipinski definition) is 3. The molecule has 0 spiro atoms. The number of ketones is 1. The number of nitrogens with zero attached hydrogens (tertiary/aromatic N) is 1. The van der Waals surface area contributed by atoms with Crippen molar-refractivity contribution in [3.05, 3.63) is 28.8 Å². The number of anilines is 1. The highest BCUT2D eigenvalue weighted by atomic mass is 16.1. The van der Waals surface area contributed by atoms with Gasteiger partial charge in [-0.2, -0.15) is 0 Å². The Bertz CT molecular complexity index is 661. The van der Waals surface area contributed by atoms with Gasteiger partial charge in [-0.05, 0) is 80.5 Å². The van der Waals surface area contributed by atoms with Gasteiger partial charge >= 0.3 is 0 Å². The largest absolute Gasteiger partial charge is 0.384 e. The molecular formula is C21H28N2O. The summed E-state index contributed by atoms with van der Waals surface area (Å²) in [5, 5.41) is 3.58. The molecule has 2 saturated carbocycles. The van der Waals surface area contributed by atoms with E-state index in [1.165, 1.54) is 62.0 Å². The highest BCUT2D eigenvalue weighted by molar-refractivity contribution is 5.97. The Kier molecular flexibility index (Phi) is 3.48. The van der Waals surface area contributed by atoms with Gasteiger partial charge in [0.05, 0.1) is 0 Å². The van der Waals surface area contributed by atoms with Crippen molar-refractivity contribution in [3.63, 3.8) is 0 Å². The van der Waals surface area contributed by atoms with E-state index in [0.717, 1.165) is 30.4 Å². The van der Waals surface area contributed by atoms with Crippen LogP contribution in [-0.4, -0.2) is 36.4 Å². The summed E-state index contributed by atoms with van der Waals surface area (Å²) < 4.78 is 0. The van der Waals surface area contributed by atoms with Gasteiger partial charge in [0.15, 0.2) is 5.78 Å². The fourth-order valence-electron chi connectivity index (χ4n) is 4.93. The van der Waals surface area contributed by atoms with Crippen LogP contribution in [0.5, 0.6) is 0 Å². The average molecular weight is 324 g/mol. The molecule has 0 aromatic heterocycles. The number of carbonyl (C=O) groups is 1. The van der Waals surface area contributed by atoms with Crippen LogP contribution in [0, 0.1) is 11.8 Å². The molecule has 4 aliphatic rings. The van der Waals surface area contributed by atoms with Crippen molar-refractivity contribution in [2.24, 2.45) is 11.8 Å². The lowest BCUT2D eigenvalue weighted by Crippen LogP contribution is -2.43. The van der Waals surface area contributed by atoms with Gasteiger partial charge in [-0.3, -0.25) is 9.69 Å². The fraction of sp³-hybridized carbons (Fsp3) is 0.667. The number of carbonyl (C=O) groups excluding carboxylic acids is 1. The van der Waals surface area contributed by atoms with Crippen LogP contribution < -0.4 is 5.32 Å². The topological polar surface area (TPSA) is 32.3 Å². The molecule has 0 radical (unpaired) electrons. The molecule has 0 unspecified atom stereocenters. The lowest BCUT2D eigenvalue weighted by atomic mass is 9.78. The summed E-state index contributed by atoms with van der Waals surface area (Å²) in [5.74, 6) is 2.74. The third kappa shape index (κ3) is 2.67. The predicted octanol–water partition coefficient (Wildman–Crippen LogP) is 3.84.